The highest BCUT2D eigenvalue weighted by molar-refractivity contribution is 8.33. The molecule has 1 aromatic carbocycles. The second kappa shape index (κ2) is 4.37. The molecule has 1 fully saturated rings. The number of rotatable bonds is 2. The van der Waals surface area contributed by atoms with Crippen molar-refractivity contribution in [3.8, 4) is 0 Å². The number of hydrogen-bond donors (Lipinski definition) is 0. The van der Waals surface area contributed by atoms with Gasteiger partial charge in [0.1, 0.15) is 0 Å². The summed E-state index contributed by atoms with van der Waals surface area (Å²) >= 11 is 0. The summed E-state index contributed by atoms with van der Waals surface area (Å²) in [5, 5.41) is 0. The Bertz CT molecular complexity index is 278. The van der Waals surface area contributed by atoms with Crippen LogP contribution in [0.15, 0.2) is 35.2 Å². The van der Waals surface area contributed by atoms with E-state index in [0.717, 1.165) is 13.2 Å². The molecular formula is C12H18OS. The number of benzene rings is 1. The predicted molar refractivity (Wildman–Crippen MR) is 63.4 cm³/mol. The van der Waals surface area contributed by atoms with E-state index in [1.807, 2.05) is 0 Å². The van der Waals surface area contributed by atoms with Crippen molar-refractivity contribution in [3.05, 3.63) is 30.3 Å². The van der Waals surface area contributed by atoms with Crippen molar-refractivity contribution in [2.24, 2.45) is 0 Å². The summed E-state index contributed by atoms with van der Waals surface area (Å²) < 4.78 is 5.47. The third kappa shape index (κ3) is 1.82. The van der Waals surface area contributed by atoms with Crippen molar-refractivity contribution >= 4 is 10.0 Å². The van der Waals surface area contributed by atoms with Crippen LogP contribution in [-0.4, -0.2) is 30.5 Å². The Labute approximate surface area is 87.8 Å². The lowest BCUT2D eigenvalue weighted by atomic mass is 10.4. The molecule has 1 aromatic rings. The Kier molecular flexibility index (Phi) is 3.14. The summed E-state index contributed by atoms with van der Waals surface area (Å²) in [4.78, 5) is 1.57. The molecule has 2 rings (SSSR count). The van der Waals surface area contributed by atoms with Crippen LogP contribution in [-0.2, 0) is 4.74 Å². The first-order chi connectivity index (χ1) is 6.87. The lowest BCUT2D eigenvalue weighted by Crippen LogP contribution is -2.25. The molecule has 78 valence electrons. The molecule has 14 heavy (non-hydrogen) atoms. The first-order valence-corrected chi connectivity index (χ1v) is 7.41. The molecule has 0 amide bonds. The average molecular weight is 210 g/mol. The van der Waals surface area contributed by atoms with E-state index >= 15 is 0 Å². The zero-order valence-electron chi connectivity index (χ0n) is 8.74. The fraction of sp³-hybridized carbons (Fsp3) is 0.500. The molecule has 0 bridgehead atoms. The van der Waals surface area contributed by atoms with Crippen LogP contribution in [0.2, 0.25) is 0 Å². The van der Waals surface area contributed by atoms with E-state index in [1.54, 1.807) is 4.90 Å². The molecular weight excluding hydrogens is 192 g/mol. The van der Waals surface area contributed by atoms with Gasteiger partial charge in [0.15, 0.2) is 0 Å². The van der Waals surface area contributed by atoms with Crippen LogP contribution in [0, 0.1) is 0 Å². The predicted octanol–water partition coefficient (Wildman–Crippen LogP) is 2.90. The smallest absolute Gasteiger partial charge is 0.0545 e. The van der Waals surface area contributed by atoms with Gasteiger partial charge < -0.3 is 4.74 Å². The van der Waals surface area contributed by atoms with Gasteiger partial charge in [-0.15, -0.1) is 0 Å². The number of hydrogen-bond acceptors (Lipinski definition) is 1. The maximum atomic E-state index is 5.47. The zero-order valence-corrected chi connectivity index (χ0v) is 9.56. The highest BCUT2D eigenvalue weighted by Crippen LogP contribution is 2.56. The fourth-order valence-corrected chi connectivity index (χ4v) is 5.24. The zero-order chi connectivity index (χ0) is 9.86. The Morgan fingerprint density at radius 1 is 1.14 bits per heavy atom. The van der Waals surface area contributed by atoms with Crippen LogP contribution < -0.4 is 0 Å². The van der Waals surface area contributed by atoms with Gasteiger partial charge in [0.2, 0.25) is 0 Å². The molecule has 1 aliphatic heterocycles. The normalized spacial score (nSPS) is 22.9. The van der Waals surface area contributed by atoms with Gasteiger partial charge >= 0.3 is 0 Å². The van der Waals surface area contributed by atoms with Crippen molar-refractivity contribution in [3.63, 3.8) is 0 Å². The largest absolute Gasteiger partial charge is 0.380 e. The van der Waals surface area contributed by atoms with Crippen LogP contribution in [0.4, 0.5) is 0 Å². The fourth-order valence-electron chi connectivity index (χ4n) is 2.04. The van der Waals surface area contributed by atoms with E-state index in [-0.39, 0.29) is 0 Å². The second-order valence-electron chi connectivity index (χ2n) is 3.67. The molecule has 0 spiro atoms. The highest BCUT2D eigenvalue weighted by atomic mass is 32.3. The monoisotopic (exact) mass is 210 g/mol. The van der Waals surface area contributed by atoms with Gasteiger partial charge in [-0.25, -0.2) is 10.0 Å². The van der Waals surface area contributed by atoms with E-state index in [1.165, 1.54) is 17.3 Å². The van der Waals surface area contributed by atoms with Crippen LogP contribution in [0.5, 0.6) is 0 Å². The van der Waals surface area contributed by atoms with Gasteiger partial charge in [-0.1, -0.05) is 37.3 Å². The van der Waals surface area contributed by atoms with Gasteiger partial charge in [0, 0.05) is 11.5 Å². The molecule has 0 unspecified atom stereocenters. The second-order valence-corrected chi connectivity index (χ2v) is 7.62. The van der Waals surface area contributed by atoms with E-state index in [4.69, 9.17) is 4.74 Å². The van der Waals surface area contributed by atoms with Crippen molar-refractivity contribution in [2.75, 3.05) is 30.5 Å². The van der Waals surface area contributed by atoms with Gasteiger partial charge in [0.25, 0.3) is 0 Å². The lowest BCUT2D eigenvalue weighted by molar-refractivity contribution is 0.159. The Morgan fingerprint density at radius 2 is 1.79 bits per heavy atom. The molecule has 2 heteroatoms. The average Bonchev–Trinajstić information content (AvgIpc) is 2.31. The minimum Gasteiger partial charge on any atom is -0.380 e. The van der Waals surface area contributed by atoms with Crippen molar-refractivity contribution in [2.45, 2.75) is 11.8 Å². The highest BCUT2D eigenvalue weighted by Gasteiger charge is 2.26. The van der Waals surface area contributed by atoms with E-state index in [2.05, 4.69) is 37.3 Å². The van der Waals surface area contributed by atoms with Crippen LogP contribution >= 0.6 is 10.0 Å². The summed E-state index contributed by atoms with van der Waals surface area (Å²) in [5.41, 5.74) is 0. The van der Waals surface area contributed by atoms with Crippen LogP contribution in [0.3, 0.4) is 0 Å². The summed E-state index contributed by atoms with van der Waals surface area (Å²) in [5.74, 6) is 3.82. The molecule has 1 nitrogen and oxygen atoms in total. The molecule has 0 N–H and O–H groups in total. The van der Waals surface area contributed by atoms with Crippen molar-refractivity contribution in [1.82, 2.24) is 0 Å². The third-order valence-electron chi connectivity index (χ3n) is 3.03. The van der Waals surface area contributed by atoms with Crippen molar-refractivity contribution in [1.29, 1.82) is 0 Å². The van der Waals surface area contributed by atoms with Crippen LogP contribution in [0.25, 0.3) is 0 Å². The summed E-state index contributed by atoms with van der Waals surface area (Å²) in [6, 6.07) is 11.0. The Hall–Kier alpha value is -0.470. The molecule has 1 aliphatic rings. The molecule has 1 saturated heterocycles. The van der Waals surface area contributed by atoms with E-state index in [0.29, 0.717) is 0 Å². The molecule has 0 aromatic heterocycles. The Morgan fingerprint density at radius 3 is 2.36 bits per heavy atom. The molecule has 0 radical (unpaired) electrons. The SMILES string of the molecule is CCS1(c2ccccc2)CCOCC1. The quantitative estimate of drug-likeness (QED) is 0.729. The molecule has 1 heterocycles. The molecule has 0 atom stereocenters. The van der Waals surface area contributed by atoms with Gasteiger partial charge in [-0.2, -0.15) is 0 Å². The first-order valence-electron chi connectivity index (χ1n) is 5.27. The Balaban J connectivity index is 2.27. The maximum absolute atomic E-state index is 5.47. The summed E-state index contributed by atoms with van der Waals surface area (Å²) in [6.45, 7) is 4.24. The number of ether oxygens (including phenoxy) is 1. The third-order valence-corrected chi connectivity index (χ3v) is 7.31. The topological polar surface area (TPSA) is 9.23 Å². The summed E-state index contributed by atoms with van der Waals surface area (Å²) in [6.07, 6.45) is 0. The minimum atomic E-state index is -0.539. The van der Waals surface area contributed by atoms with Crippen molar-refractivity contribution < 1.29 is 4.74 Å². The van der Waals surface area contributed by atoms with E-state index < -0.39 is 10.0 Å². The minimum absolute atomic E-state index is 0.539. The van der Waals surface area contributed by atoms with Gasteiger partial charge in [0.05, 0.1) is 13.2 Å². The van der Waals surface area contributed by atoms with Gasteiger partial charge in [-0.3, -0.25) is 0 Å². The molecule has 0 saturated carbocycles. The van der Waals surface area contributed by atoms with Crippen LogP contribution in [0.1, 0.15) is 6.92 Å². The van der Waals surface area contributed by atoms with Gasteiger partial charge in [-0.05, 0) is 10.6 Å². The summed E-state index contributed by atoms with van der Waals surface area (Å²) in [7, 11) is -0.539. The molecule has 0 aliphatic carbocycles. The first kappa shape index (κ1) is 10.1. The standard InChI is InChI=1S/C12H18OS/c1-2-14(10-8-13-9-11-14)12-6-4-3-5-7-12/h3-7H,2,8-11H2,1H3. The van der Waals surface area contributed by atoms with E-state index in [9.17, 15) is 0 Å². The lowest BCUT2D eigenvalue weighted by Gasteiger charge is -2.42. The maximum Gasteiger partial charge on any atom is 0.0545 e.